The second kappa shape index (κ2) is 11.5. The summed E-state index contributed by atoms with van der Waals surface area (Å²) in [5.41, 5.74) is 0. The lowest BCUT2D eigenvalue weighted by atomic mass is 10.2. The molecule has 4 heteroatoms. The molecule has 0 bridgehead atoms. The van der Waals surface area contributed by atoms with E-state index in [1.807, 2.05) is 0 Å². The standard InChI is InChI=1S/C16H35N3O/c1-15(2)17-8-6-13-20-14-7-16(3)18-9-12-19-10-4-5-11-19/h15-18H,4-14H2,1-3H3. The minimum atomic E-state index is 0.561. The average molecular weight is 285 g/mol. The van der Waals surface area contributed by atoms with Crippen molar-refractivity contribution in [2.24, 2.45) is 0 Å². The Kier molecular flexibility index (Phi) is 10.3. The normalized spacial score (nSPS) is 18.0. The van der Waals surface area contributed by atoms with Gasteiger partial charge in [0.15, 0.2) is 0 Å². The second-order valence-corrected chi connectivity index (χ2v) is 6.27. The summed E-state index contributed by atoms with van der Waals surface area (Å²) in [5, 5.41) is 7.00. The average Bonchev–Trinajstić information content (AvgIpc) is 2.90. The van der Waals surface area contributed by atoms with Gasteiger partial charge in [0.2, 0.25) is 0 Å². The Morgan fingerprint density at radius 1 is 1.00 bits per heavy atom. The van der Waals surface area contributed by atoms with Gasteiger partial charge in [-0.2, -0.15) is 0 Å². The van der Waals surface area contributed by atoms with Gasteiger partial charge in [0.25, 0.3) is 0 Å². The van der Waals surface area contributed by atoms with Crippen molar-refractivity contribution in [3.8, 4) is 0 Å². The quantitative estimate of drug-likeness (QED) is 0.537. The summed E-state index contributed by atoms with van der Waals surface area (Å²) >= 11 is 0. The Morgan fingerprint density at radius 2 is 1.75 bits per heavy atom. The molecule has 0 spiro atoms. The molecule has 1 heterocycles. The molecule has 0 amide bonds. The minimum absolute atomic E-state index is 0.561. The van der Waals surface area contributed by atoms with Gasteiger partial charge in [-0.05, 0) is 52.2 Å². The molecule has 20 heavy (non-hydrogen) atoms. The molecule has 0 aromatic rings. The van der Waals surface area contributed by atoms with E-state index in [9.17, 15) is 0 Å². The largest absolute Gasteiger partial charge is 0.381 e. The molecule has 0 aliphatic carbocycles. The van der Waals surface area contributed by atoms with Gasteiger partial charge in [0, 0.05) is 38.4 Å². The number of nitrogens with one attached hydrogen (secondary N) is 2. The van der Waals surface area contributed by atoms with Crippen molar-refractivity contribution in [3.05, 3.63) is 0 Å². The molecule has 0 aromatic heterocycles. The molecule has 1 aliphatic heterocycles. The number of nitrogens with zero attached hydrogens (tertiary/aromatic N) is 1. The molecule has 2 N–H and O–H groups in total. The topological polar surface area (TPSA) is 36.5 Å². The summed E-state index contributed by atoms with van der Waals surface area (Å²) in [4.78, 5) is 2.55. The first kappa shape index (κ1) is 17.9. The SMILES string of the molecule is CC(C)NCCCOCCC(C)NCCN1CCCC1. The van der Waals surface area contributed by atoms with Crippen LogP contribution in [0.1, 0.15) is 46.5 Å². The third kappa shape index (κ3) is 9.70. The molecule has 1 atom stereocenters. The van der Waals surface area contributed by atoms with Crippen molar-refractivity contribution in [1.82, 2.24) is 15.5 Å². The first-order valence-electron chi connectivity index (χ1n) is 8.45. The van der Waals surface area contributed by atoms with Crippen LogP contribution in [0.15, 0.2) is 0 Å². The highest BCUT2D eigenvalue weighted by Crippen LogP contribution is 2.05. The molecule has 1 saturated heterocycles. The molecule has 0 saturated carbocycles. The van der Waals surface area contributed by atoms with Gasteiger partial charge in [0.05, 0.1) is 0 Å². The summed E-state index contributed by atoms with van der Waals surface area (Å²) < 4.78 is 5.68. The molecule has 0 aromatic carbocycles. The monoisotopic (exact) mass is 285 g/mol. The Hall–Kier alpha value is -0.160. The van der Waals surface area contributed by atoms with Gasteiger partial charge < -0.3 is 20.3 Å². The zero-order valence-electron chi connectivity index (χ0n) is 13.8. The molecule has 1 rings (SSSR count). The van der Waals surface area contributed by atoms with Crippen molar-refractivity contribution < 1.29 is 4.74 Å². The maximum atomic E-state index is 5.68. The van der Waals surface area contributed by atoms with Crippen LogP contribution < -0.4 is 10.6 Å². The van der Waals surface area contributed by atoms with Crippen molar-refractivity contribution in [1.29, 1.82) is 0 Å². The van der Waals surface area contributed by atoms with Crippen LogP contribution >= 0.6 is 0 Å². The van der Waals surface area contributed by atoms with Crippen molar-refractivity contribution >= 4 is 0 Å². The summed E-state index contributed by atoms with van der Waals surface area (Å²) in [5.74, 6) is 0. The number of ether oxygens (including phenoxy) is 1. The van der Waals surface area contributed by atoms with E-state index in [1.165, 1.54) is 32.5 Å². The Bertz CT molecular complexity index is 218. The highest BCUT2D eigenvalue weighted by atomic mass is 16.5. The van der Waals surface area contributed by atoms with Gasteiger partial charge in [-0.25, -0.2) is 0 Å². The van der Waals surface area contributed by atoms with E-state index in [0.717, 1.165) is 39.1 Å². The predicted molar refractivity (Wildman–Crippen MR) is 86.3 cm³/mol. The molecular formula is C16H35N3O. The first-order valence-corrected chi connectivity index (χ1v) is 8.45. The highest BCUT2D eigenvalue weighted by Gasteiger charge is 2.10. The van der Waals surface area contributed by atoms with E-state index in [-0.39, 0.29) is 0 Å². The second-order valence-electron chi connectivity index (χ2n) is 6.27. The zero-order chi connectivity index (χ0) is 14.6. The van der Waals surface area contributed by atoms with E-state index in [1.54, 1.807) is 0 Å². The third-order valence-corrected chi connectivity index (χ3v) is 3.83. The summed E-state index contributed by atoms with van der Waals surface area (Å²) in [6.45, 7) is 14.3. The first-order chi connectivity index (χ1) is 9.68. The highest BCUT2D eigenvalue weighted by molar-refractivity contribution is 4.68. The molecule has 1 aliphatic rings. The van der Waals surface area contributed by atoms with Gasteiger partial charge in [-0.15, -0.1) is 0 Å². The number of hydrogen-bond acceptors (Lipinski definition) is 4. The molecule has 120 valence electrons. The Balaban J connectivity index is 1.81. The van der Waals surface area contributed by atoms with Crippen LogP contribution in [0.3, 0.4) is 0 Å². The van der Waals surface area contributed by atoms with Crippen LogP contribution in [0.2, 0.25) is 0 Å². The Morgan fingerprint density at radius 3 is 2.45 bits per heavy atom. The number of hydrogen-bond donors (Lipinski definition) is 2. The van der Waals surface area contributed by atoms with Crippen molar-refractivity contribution in [3.63, 3.8) is 0 Å². The van der Waals surface area contributed by atoms with E-state index >= 15 is 0 Å². The van der Waals surface area contributed by atoms with E-state index in [4.69, 9.17) is 4.74 Å². The molecular weight excluding hydrogens is 250 g/mol. The maximum absolute atomic E-state index is 5.68. The van der Waals surface area contributed by atoms with Crippen LogP contribution in [0.5, 0.6) is 0 Å². The Labute approximate surface area is 125 Å². The van der Waals surface area contributed by atoms with Crippen LogP contribution in [-0.2, 0) is 4.74 Å². The molecule has 1 fully saturated rings. The molecule has 4 nitrogen and oxygen atoms in total. The maximum Gasteiger partial charge on any atom is 0.0480 e. The van der Waals surface area contributed by atoms with E-state index in [0.29, 0.717) is 12.1 Å². The molecule has 0 radical (unpaired) electrons. The van der Waals surface area contributed by atoms with Gasteiger partial charge in [-0.3, -0.25) is 0 Å². The van der Waals surface area contributed by atoms with Crippen LogP contribution in [0, 0.1) is 0 Å². The summed E-state index contributed by atoms with van der Waals surface area (Å²) in [7, 11) is 0. The lowest BCUT2D eigenvalue weighted by Gasteiger charge is -2.18. The number of likely N-dealkylation sites (tertiary alicyclic amines) is 1. The zero-order valence-corrected chi connectivity index (χ0v) is 13.8. The predicted octanol–water partition coefficient (Wildman–Crippen LogP) is 1.86. The fraction of sp³-hybridized carbons (Fsp3) is 1.00. The van der Waals surface area contributed by atoms with Gasteiger partial charge in [-0.1, -0.05) is 13.8 Å². The van der Waals surface area contributed by atoms with Crippen LogP contribution in [0.4, 0.5) is 0 Å². The fourth-order valence-electron chi connectivity index (χ4n) is 2.50. The van der Waals surface area contributed by atoms with Crippen LogP contribution in [-0.4, -0.2) is 62.9 Å². The third-order valence-electron chi connectivity index (χ3n) is 3.83. The molecule has 1 unspecified atom stereocenters. The lowest BCUT2D eigenvalue weighted by Crippen LogP contribution is -2.35. The number of rotatable bonds is 12. The van der Waals surface area contributed by atoms with E-state index in [2.05, 4.69) is 36.3 Å². The van der Waals surface area contributed by atoms with Gasteiger partial charge >= 0.3 is 0 Å². The van der Waals surface area contributed by atoms with Crippen LogP contribution in [0.25, 0.3) is 0 Å². The van der Waals surface area contributed by atoms with Gasteiger partial charge in [0.1, 0.15) is 0 Å². The van der Waals surface area contributed by atoms with E-state index < -0.39 is 0 Å². The van der Waals surface area contributed by atoms with Crippen molar-refractivity contribution in [2.75, 3.05) is 45.9 Å². The summed E-state index contributed by atoms with van der Waals surface area (Å²) in [6, 6.07) is 1.14. The smallest absolute Gasteiger partial charge is 0.0480 e. The fourth-order valence-corrected chi connectivity index (χ4v) is 2.50. The van der Waals surface area contributed by atoms with Crippen molar-refractivity contribution in [2.45, 2.75) is 58.5 Å². The summed E-state index contributed by atoms with van der Waals surface area (Å²) in [6.07, 6.45) is 4.98. The minimum Gasteiger partial charge on any atom is -0.381 e. The lowest BCUT2D eigenvalue weighted by molar-refractivity contribution is 0.122.